The predicted octanol–water partition coefficient (Wildman–Crippen LogP) is -1.80. The van der Waals surface area contributed by atoms with Crippen LogP contribution in [0.5, 0.6) is 0 Å². The van der Waals surface area contributed by atoms with Crippen molar-refractivity contribution in [3.8, 4) is 0 Å². The lowest BCUT2D eigenvalue weighted by atomic mass is 10.3. The molecule has 1 heterocycles. The van der Waals surface area contributed by atoms with E-state index in [-0.39, 0.29) is 24.9 Å². The van der Waals surface area contributed by atoms with E-state index < -0.39 is 0 Å². The lowest BCUT2D eigenvalue weighted by Gasteiger charge is -2.02. The zero-order valence-electron chi connectivity index (χ0n) is 9.71. The van der Waals surface area contributed by atoms with E-state index in [0.717, 1.165) is 5.69 Å². The van der Waals surface area contributed by atoms with Crippen molar-refractivity contribution in [2.24, 2.45) is 0 Å². The van der Waals surface area contributed by atoms with Crippen LogP contribution in [0.15, 0.2) is 54.9 Å². The number of pyridine rings is 1. The second kappa shape index (κ2) is 6.61. The number of rotatable bonds is 3. The van der Waals surface area contributed by atoms with Gasteiger partial charge in [-0.1, -0.05) is 18.2 Å². The molecule has 0 aliphatic rings. The van der Waals surface area contributed by atoms with Gasteiger partial charge in [-0.05, 0) is 12.1 Å². The molecule has 0 saturated heterocycles. The van der Waals surface area contributed by atoms with E-state index >= 15 is 0 Å². The van der Waals surface area contributed by atoms with Gasteiger partial charge in [-0.2, -0.15) is 4.57 Å². The molecule has 4 nitrogen and oxygen atoms in total. The first kappa shape index (κ1) is 14.0. The number of aromatic nitrogens is 1. The molecule has 1 aromatic heterocycles. The van der Waals surface area contributed by atoms with Gasteiger partial charge in [0.2, 0.25) is 6.54 Å². The van der Waals surface area contributed by atoms with Crippen molar-refractivity contribution < 1.29 is 21.8 Å². The molecule has 0 spiro atoms. The van der Waals surface area contributed by atoms with Gasteiger partial charge in [-0.15, -0.1) is 0 Å². The number of carbonyl (C=O) groups is 1. The number of nitrogen functional groups attached to an aromatic ring is 1. The minimum Gasteiger partial charge on any atom is -1.00 e. The maximum atomic E-state index is 11.7. The average molecular weight is 264 g/mol. The standard InChI is InChI=1S/C13H13N3O.ClH/c14-11-6-8-16(9-7-11)10-13(17)15-12-4-2-1-3-5-12;/h1-9,14H,10H2,(H,15,17);1H. The quantitative estimate of drug-likeness (QED) is 0.642. The smallest absolute Gasteiger partial charge is 0.290 e. The summed E-state index contributed by atoms with van der Waals surface area (Å²) < 4.78 is 1.77. The highest BCUT2D eigenvalue weighted by Crippen LogP contribution is 2.04. The van der Waals surface area contributed by atoms with Gasteiger partial charge in [0.25, 0.3) is 5.91 Å². The van der Waals surface area contributed by atoms with Crippen LogP contribution in [0, 0.1) is 0 Å². The maximum absolute atomic E-state index is 11.7. The van der Waals surface area contributed by atoms with Crippen LogP contribution in [0.25, 0.3) is 0 Å². The zero-order valence-corrected chi connectivity index (χ0v) is 10.5. The Hall–Kier alpha value is -2.07. The largest absolute Gasteiger partial charge is 1.00 e. The molecular weight excluding hydrogens is 250 g/mol. The van der Waals surface area contributed by atoms with Crippen LogP contribution in [-0.4, -0.2) is 5.91 Å². The first-order valence-electron chi connectivity index (χ1n) is 5.33. The Bertz CT molecular complexity index is 499. The first-order valence-corrected chi connectivity index (χ1v) is 5.33. The Morgan fingerprint density at radius 3 is 2.33 bits per heavy atom. The Morgan fingerprint density at radius 1 is 1.11 bits per heavy atom. The van der Waals surface area contributed by atoms with Crippen LogP contribution in [-0.2, 0) is 11.3 Å². The molecule has 0 fully saturated rings. The van der Waals surface area contributed by atoms with Crippen LogP contribution in [0.3, 0.4) is 0 Å². The van der Waals surface area contributed by atoms with E-state index in [1.165, 1.54) is 0 Å². The molecule has 0 unspecified atom stereocenters. The number of para-hydroxylation sites is 1. The van der Waals surface area contributed by atoms with Gasteiger partial charge in [0, 0.05) is 23.5 Å². The molecular formula is C13H14ClN3O. The van der Waals surface area contributed by atoms with Crippen LogP contribution in [0.1, 0.15) is 0 Å². The van der Waals surface area contributed by atoms with E-state index in [9.17, 15) is 4.79 Å². The molecule has 2 aromatic rings. The number of halogens is 1. The fraction of sp³-hybridized carbons (Fsp3) is 0.0769. The highest BCUT2D eigenvalue weighted by Gasteiger charge is 2.08. The molecule has 1 amide bonds. The molecule has 94 valence electrons. The summed E-state index contributed by atoms with van der Waals surface area (Å²) in [5.41, 5.74) is 7.05. The second-order valence-electron chi connectivity index (χ2n) is 3.72. The van der Waals surface area contributed by atoms with Gasteiger partial charge in [0.05, 0.1) is 0 Å². The number of amides is 1. The molecule has 0 radical (unpaired) electrons. The van der Waals surface area contributed by atoms with Gasteiger partial charge in [0.1, 0.15) is 0 Å². The van der Waals surface area contributed by atoms with Gasteiger partial charge < -0.3 is 23.5 Å². The summed E-state index contributed by atoms with van der Waals surface area (Å²) in [5.74, 6) is -0.0639. The van der Waals surface area contributed by atoms with Crippen molar-refractivity contribution in [3.05, 3.63) is 54.9 Å². The van der Waals surface area contributed by atoms with Crippen molar-refractivity contribution >= 4 is 17.3 Å². The van der Waals surface area contributed by atoms with Gasteiger partial charge in [-0.3, -0.25) is 4.79 Å². The Kier molecular flexibility index (Phi) is 5.14. The number of nitrogens with two attached hydrogens (primary N) is 1. The molecule has 1 aromatic carbocycles. The highest BCUT2D eigenvalue weighted by atomic mass is 35.5. The van der Waals surface area contributed by atoms with E-state index in [1.807, 2.05) is 30.3 Å². The third-order valence-corrected chi connectivity index (χ3v) is 2.30. The molecule has 2 rings (SSSR count). The lowest BCUT2D eigenvalue weighted by Crippen LogP contribution is -3.00. The second-order valence-corrected chi connectivity index (χ2v) is 3.72. The maximum Gasteiger partial charge on any atom is 0.290 e. The van der Waals surface area contributed by atoms with Crippen LogP contribution in [0.4, 0.5) is 11.4 Å². The third kappa shape index (κ3) is 4.07. The van der Waals surface area contributed by atoms with E-state index in [0.29, 0.717) is 5.69 Å². The van der Waals surface area contributed by atoms with Crippen molar-refractivity contribution in [3.63, 3.8) is 0 Å². The van der Waals surface area contributed by atoms with Gasteiger partial charge >= 0.3 is 0 Å². The average Bonchev–Trinajstić information content (AvgIpc) is 2.33. The summed E-state index contributed by atoms with van der Waals surface area (Å²) in [6.07, 6.45) is 3.56. The fourth-order valence-electron chi connectivity index (χ4n) is 1.46. The minimum absolute atomic E-state index is 0. The summed E-state index contributed by atoms with van der Waals surface area (Å²) >= 11 is 0. The zero-order chi connectivity index (χ0) is 12.1. The summed E-state index contributed by atoms with van der Waals surface area (Å²) in [5, 5.41) is 2.81. The molecule has 0 aliphatic carbocycles. The lowest BCUT2D eigenvalue weighted by molar-refractivity contribution is -0.684. The Morgan fingerprint density at radius 2 is 1.72 bits per heavy atom. The van der Waals surface area contributed by atoms with Crippen molar-refractivity contribution in [1.29, 1.82) is 0 Å². The topological polar surface area (TPSA) is 59.0 Å². The van der Waals surface area contributed by atoms with Crippen LogP contribution < -0.4 is 28.0 Å². The number of hydrogen-bond acceptors (Lipinski definition) is 2. The molecule has 0 saturated carbocycles. The van der Waals surface area contributed by atoms with Gasteiger partial charge in [0.15, 0.2) is 12.4 Å². The number of anilines is 2. The number of nitrogens with one attached hydrogen (secondary N) is 1. The van der Waals surface area contributed by atoms with Crippen LogP contribution >= 0.6 is 0 Å². The molecule has 0 bridgehead atoms. The van der Waals surface area contributed by atoms with E-state index in [2.05, 4.69) is 5.32 Å². The summed E-state index contributed by atoms with van der Waals surface area (Å²) in [7, 11) is 0. The SMILES string of the molecule is Nc1cc[n+](CC(=O)Nc2ccccc2)cc1.[Cl-]. The van der Waals surface area contributed by atoms with E-state index in [1.54, 1.807) is 29.1 Å². The summed E-state index contributed by atoms with van der Waals surface area (Å²) in [6.45, 7) is 0.273. The normalized spacial score (nSPS) is 9.33. The Labute approximate surface area is 112 Å². The number of benzene rings is 1. The van der Waals surface area contributed by atoms with E-state index in [4.69, 9.17) is 5.73 Å². The number of hydrogen-bond donors (Lipinski definition) is 2. The predicted molar refractivity (Wildman–Crippen MR) is 66.1 cm³/mol. The summed E-state index contributed by atoms with van der Waals surface area (Å²) in [6, 6.07) is 12.9. The fourth-order valence-corrected chi connectivity index (χ4v) is 1.46. The highest BCUT2D eigenvalue weighted by molar-refractivity contribution is 5.89. The van der Waals surface area contributed by atoms with Crippen molar-refractivity contribution in [2.75, 3.05) is 11.1 Å². The molecule has 0 atom stereocenters. The van der Waals surface area contributed by atoms with Crippen molar-refractivity contribution in [1.82, 2.24) is 0 Å². The van der Waals surface area contributed by atoms with Crippen molar-refractivity contribution in [2.45, 2.75) is 6.54 Å². The summed E-state index contributed by atoms with van der Waals surface area (Å²) in [4.78, 5) is 11.7. The Balaban J connectivity index is 0.00000162. The first-order chi connectivity index (χ1) is 8.24. The molecule has 3 N–H and O–H groups in total. The van der Waals surface area contributed by atoms with Crippen LogP contribution in [0.2, 0.25) is 0 Å². The van der Waals surface area contributed by atoms with Gasteiger partial charge in [-0.25, -0.2) is 0 Å². The number of carbonyl (C=O) groups excluding carboxylic acids is 1. The molecule has 18 heavy (non-hydrogen) atoms. The number of nitrogens with zero attached hydrogens (tertiary/aromatic N) is 1. The third-order valence-electron chi connectivity index (χ3n) is 2.30. The molecule has 5 heteroatoms. The minimum atomic E-state index is -0.0639. The molecule has 0 aliphatic heterocycles. The monoisotopic (exact) mass is 263 g/mol.